The Morgan fingerprint density at radius 3 is 2.83 bits per heavy atom. The quantitative estimate of drug-likeness (QED) is 0.627. The molecule has 0 aliphatic rings. The van der Waals surface area contributed by atoms with E-state index in [0.717, 1.165) is 12.5 Å². The zero-order valence-electron chi connectivity index (χ0n) is 9.77. The van der Waals surface area contributed by atoms with Gasteiger partial charge in [-0.15, -0.1) is 0 Å². The lowest BCUT2D eigenvalue weighted by molar-refractivity contribution is -0.383. The summed E-state index contributed by atoms with van der Waals surface area (Å²) in [6.45, 7) is 2.38. The van der Waals surface area contributed by atoms with Gasteiger partial charge < -0.3 is 10.6 Å². The number of hydrogen-bond acceptors (Lipinski definition) is 4. The number of benzene rings is 1. The van der Waals surface area contributed by atoms with Crippen LogP contribution in [0.4, 0.5) is 16.2 Å². The molecule has 0 atom stereocenters. The van der Waals surface area contributed by atoms with Gasteiger partial charge in [0.1, 0.15) is 5.69 Å². The van der Waals surface area contributed by atoms with E-state index in [4.69, 9.17) is 5.26 Å². The molecule has 7 heteroatoms. The van der Waals surface area contributed by atoms with E-state index in [-0.39, 0.29) is 16.9 Å². The second-order valence-electron chi connectivity index (χ2n) is 3.48. The van der Waals surface area contributed by atoms with Gasteiger partial charge in [0, 0.05) is 12.6 Å². The number of hydrogen-bond donors (Lipinski definition) is 2. The van der Waals surface area contributed by atoms with Gasteiger partial charge in [0.25, 0.3) is 5.69 Å². The Bertz CT molecular complexity index is 508. The number of carbonyl (C=O) groups excluding carboxylic acids is 1. The minimum Gasteiger partial charge on any atom is -0.338 e. The average Bonchev–Trinajstić information content (AvgIpc) is 2.36. The molecule has 2 amide bonds. The number of nitro benzene ring substituents is 1. The molecule has 0 aliphatic carbocycles. The zero-order valence-corrected chi connectivity index (χ0v) is 9.77. The average molecular weight is 248 g/mol. The molecule has 0 unspecified atom stereocenters. The van der Waals surface area contributed by atoms with Crippen LogP contribution in [0.2, 0.25) is 0 Å². The normalized spacial score (nSPS) is 9.33. The minimum atomic E-state index is -0.643. The van der Waals surface area contributed by atoms with Crippen molar-refractivity contribution in [1.82, 2.24) is 5.32 Å². The molecule has 1 rings (SSSR count). The van der Waals surface area contributed by atoms with Crippen LogP contribution >= 0.6 is 0 Å². The minimum absolute atomic E-state index is 0.0626. The van der Waals surface area contributed by atoms with Crippen LogP contribution in [-0.2, 0) is 0 Å². The SMILES string of the molecule is CCCNC(=O)Nc1ccc(C#N)cc1[N+](=O)[O-]. The molecule has 1 aromatic carbocycles. The Balaban J connectivity index is 2.92. The molecule has 2 N–H and O–H groups in total. The highest BCUT2D eigenvalue weighted by Gasteiger charge is 2.16. The largest absolute Gasteiger partial charge is 0.338 e. The van der Waals surface area contributed by atoms with Crippen molar-refractivity contribution in [2.24, 2.45) is 0 Å². The fraction of sp³-hybridized carbons (Fsp3) is 0.273. The van der Waals surface area contributed by atoms with Gasteiger partial charge in [0.15, 0.2) is 0 Å². The van der Waals surface area contributed by atoms with E-state index in [9.17, 15) is 14.9 Å². The number of nitriles is 1. The second kappa shape index (κ2) is 6.20. The molecule has 1 aromatic rings. The van der Waals surface area contributed by atoms with Crippen molar-refractivity contribution in [2.75, 3.05) is 11.9 Å². The number of rotatable bonds is 4. The molecular formula is C11H12N4O3. The number of nitrogens with zero attached hydrogens (tertiary/aromatic N) is 2. The third-order valence-corrected chi connectivity index (χ3v) is 2.11. The third kappa shape index (κ3) is 3.45. The van der Waals surface area contributed by atoms with E-state index in [1.54, 1.807) is 6.07 Å². The predicted octanol–water partition coefficient (Wildman–Crippen LogP) is 2.00. The zero-order chi connectivity index (χ0) is 13.5. The number of nitro groups is 1. The number of carbonyl (C=O) groups is 1. The van der Waals surface area contributed by atoms with Gasteiger partial charge >= 0.3 is 6.03 Å². The third-order valence-electron chi connectivity index (χ3n) is 2.11. The van der Waals surface area contributed by atoms with E-state index in [1.807, 2.05) is 6.92 Å². The first kappa shape index (κ1) is 13.4. The number of anilines is 1. The highest BCUT2D eigenvalue weighted by molar-refractivity contribution is 5.91. The van der Waals surface area contributed by atoms with Crippen molar-refractivity contribution in [3.8, 4) is 6.07 Å². The number of amides is 2. The molecule has 94 valence electrons. The van der Waals surface area contributed by atoms with Gasteiger partial charge in [-0.25, -0.2) is 4.79 Å². The van der Waals surface area contributed by atoms with Crippen molar-refractivity contribution < 1.29 is 9.72 Å². The lowest BCUT2D eigenvalue weighted by atomic mass is 10.2. The molecule has 7 nitrogen and oxygen atoms in total. The fourth-order valence-electron chi connectivity index (χ4n) is 1.26. The van der Waals surface area contributed by atoms with E-state index < -0.39 is 11.0 Å². The summed E-state index contributed by atoms with van der Waals surface area (Å²) in [4.78, 5) is 21.6. The molecule has 0 spiro atoms. The van der Waals surface area contributed by atoms with Crippen LogP contribution in [-0.4, -0.2) is 17.5 Å². The molecule has 0 saturated heterocycles. The van der Waals surface area contributed by atoms with Crippen molar-refractivity contribution in [3.63, 3.8) is 0 Å². The van der Waals surface area contributed by atoms with Crippen molar-refractivity contribution in [3.05, 3.63) is 33.9 Å². The molecule has 0 radical (unpaired) electrons. The maximum absolute atomic E-state index is 11.4. The summed E-state index contributed by atoms with van der Waals surface area (Å²) in [6, 6.07) is 5.16. The summed E-state index contributed by atoms with van der Waals surface area (Å²) in [5, 5.41) is 24.4. The first-order valence-electron chi connectivity index (χ1n) is 5.32. The first-order chi connectivity index (χ1) is 8.58. The second-order valence-corrected chi connectivity index (χ2v) is 3.48. The van der Waals surface area contributed by atoms with E-state index >= 15 is 0 Å². The van der Waals surface area contributed by atoms with Gasteiger partial charge in [-0.1, -0.05) is 6.92 Å². The number of urea groups is 1. The Morgan fingerprint density at radius 1 is 1.56 bits per heavy atom. The van der Waals surface area contributed by atoms with Gasteiger partial charge in [-0.3, -0.25) is 10.1 Å². The molecule has 0 aromatic heterocycles. The molecule has 18 heavy (non-hydrogen) atoms. The lowest BCUT2D eigenvalue weighted by Crippen LogP contribution is -2.29. The maximum Gasteiger partial charge on any atom is 0.319 e. The summed E-state index contributed by atoms with van der Waals surface area (Å²) in [7, 11) is 0. The molecule has 0 bridgehead atoms. The Kier molecular flexibility index (Phi) is 4.63. The van der Waals surface area contributed by atoms with Crippen LogP contribution in [0.15, 0.2) is 18.2 Å². The maximum atomic E-state index is 11.4. The van der Waals surface area contributed by atoms with Gasteiger partial charge in [0.05, 0.1) is 16.6 Å². The van der Waals surface area contributed by atoms with Gasteiger partial charge in [0.2, 0.25) is 0 Å². The topological polar surface area (TPSA) is 108 Å². The van der Waals surface area contributed by atoms with Crippen LogP contribution in [0.25, 0.3) is 0 Å². The summed E-state index contributed by atoms with van der Waals surface area (Å²) in [5.41, 5.74) is -0.0745. The molecule has 0 fully saturated rings. The van der Waals surface area contributed by atoms with Crippen LogP contribution < -0.4 is 10.6 Å². The molecular weight excluding hydrogens is 236 g/mol. The summed E-state index contributed by atoms with van der Waals surface area (Å²) in [6.07, 6.45) is 0.767. The molecule has 0 saturated carbocycles. The fourth-order valence-corrected chi connectivity index (χ4v) is 1.26. The van der Waals surface area contributed by atoms with E-state index in [0.29, 0.717) is 6.54 Å². The summed E-state index contributed by atoms with van der Waals surface area (Å²) >= 11 is 0. The van der Waals surface area contributed by atoms with Crippen LogP contribution in [0.5, 0.6) is 0 Å². The molecule has 0 heterocycles. The number of nitrogens with one attached hydrogen (secondary N) is 2. The Labute approximate surface area is 104 Å². The van der Waals surface area contributed by atoms with Crippen LogP contribution in [0, 0.1) is 21.4 Å². The van der Waals surface area contributed by atoms with Crippen molar-refractivity contribution in [2.45, 2.75) is 13.3 Å². The van der Waals surface area contributed by atoms with Crippen molar-refractivity contribution in [1.29, 1.82) is 5.26 Å². The summed E-state index contributed by atoms with van der Waals surface area (Å²) < 4.78 is 0. The monoisotopic (exact) mass is 248 g/mol. The standard InChI is InChI=1S/C11H12N4O3/c1-2-5-13-11(16)14-9-4-3-8(7-12)6-10(9)15(17)18/h3-4,6H,2,5H2,1H3,(H2,13,14,16). The van der Waals surface area contributed by atoms with E-state index in [1.165, 1.54) is 12.1 Å². The van der Waals surface area contributed by atoms with Crippen molar-refractivity contribution >= 4 is 17.4 Å². The lowest BCUT2D eigenvalue weighted by Gasteiger charge is -2.07. The predicted molar refractivity (Wildman–Crippen MR) is 65.1 cm³/mol. The Hall–Kier alpha value is -2.62. The van der Waals surface area contributed by atoms with Crippen LogP contribution in [0.1, 0.15) is 18.9 Å². The van der Waals surface area contributed by atoms with Crippen LogP contribution in [0.3, 0.4) is 0 Å². The highest BCUT2D eigenvalue weighted by Crippen LogP contribution is 2.25. The molecule has 0 aliphatic heterocycles. The first-order valence-corrected chi connectivity index (χ1v) is 5.32. The summed E-state index contributed by atoms with van der Waals surface area (Å²) in [5.74, 6) is 0. The highest BCUT2D eigenvalue weighted by atomic mass is 16.6. The van der Waals surface area contributed by atoms with Gasteiger partial charge in [-0.2, -0.15) is 5.26 Å². The smallest absolute Gasteiger partial charge is 0.319 e. The Morgan fingerprint density at radius 2 is 2.28 bits per heavy atom. The van der Waals surface area contributed by atoms with Gasteiger partial charge in [-0.05, 0) is 18.6 Å². The van der Waals surface area contributed by atoms with E-state index in [2.05, 4.69) is 10.6 Å².